The summed E-state index contributed by atoms with van der Waals surface area (Å²) in [7, 11) is 1.81. The lowest BCUT2D eigenvalue weighted by atomic mass is 10.0. The molecule has 0 amide bonds. The third-order valence-corrected chi connectivity index (χ3v) is 2.91. The van der Waals surface area contributed by atoms with Crippen molar-refractivity contribution < 1.29 is 9.13 Å². The van der Waals surface area contributed by atoms with E-state index in [0.717, 1.165) is 16.9 Å². The maximum absolute atomic E-state index is 13.6. The Morgan fingerprint density at radius 1 is 1.05 bits per heavy atom. The summed E-state index contributed by atoms with van der Waals surface area (Å²) < 4.78 is 19.0. The van der Waals surface area contributed by atoms with Crippen LogP contribution < -0.4 is 10.1 Å². The van der Waals surface area contributed by atoms with E-state index in [1.165, 1.54) is 6.07 Å². The number of hydrogen-bond donors (Lipinski definition) is 1. The van der Waals surface area contributed by atoms with Crippen LogP contribution in [-0.4, -0.2) is 13.7 Å². The predicted molar refractivity (Wildman–Crippen MR) is 75.8 cm³/mol. The molecule has 0 bridgehead atoms. The Hall–Kier alpha value is -1.87. The SMILES string of the molecule is CCOc1ccc(-c2ccc(F)c(CNC)c2)cc1. The number of nitrogens with one attached hydrogen (secondary N) is 1. The summed E-state index contributed by atoms with van der Waals surface area (Å²) in [5, 5.41) is 2.97. The minimum atomic E-state index is -0.177. The van der Waals surface area contributed by atoms with Crippen LogP contribution in [0.4, 0.5) is 4.39 Å². The molecule has 0 atom stereocenters. The van der Waals surface area contributed by atoms with Gasteiger partial charge in [0.05, 0.1) is 6.61 Å². The highest BCUT2D eigenvalue weighted by molar-refractivity contribution is 5.65. The molecule has 0 saturated heterocycles. The molecule has 0 fully saturated rings. The zero-order valence-corrected chi connectivity index (χ0v) is 11.2. The van der Waals surface area contributed by atoms with Gasteiger partial charge in [-0.3, -0.25) is 0 Å². The lowest BCUT2D eigenvalue weighted by molar-refractivity contribution is 0.340. The van der Waals surface area contributed by atoms with Gasteiger partial charge in [-0.2, -0.15) is 0 Å². The Labute approximate surface area is 113 Å². The van der Waals surface area contributed by atoms with Crippen molar-refractivity contribution in [1.29, 1.82) is 0 Å². The first-order valence-electron chi connectivity index (χ1n) is 6.41. The second-order valence-corrected chi connectivity index (χ2v) is 4.29. The zero-order valence-electron chi connectivity index (χ0n) is 11.2. The molecule has 0 heterocycles. The molecule has 0 aromatic heterocycles. The van der Waals surface area contributed by atoms with E-state index < -0.39 is 0 Å². The standard InChI is InChI=1S/C16H18FNO/c1-3-19-15-7-4-12(5-8-15)13-6-9-16(17)14(10-13)11-18-2/h4-10,18H,3,11H2,1-2H3. The third-order valence-electron chi connectivity index (χ3n) is 2.91. The molecule has 3 heteroatoms. The van der Waals surface area contributed by atoms with Gasteiger partial charge in [0.2, 0.25) is 0 Å². The third kappa shape index (κ3) is 3.32. The van der Waals surface area contributed by atoms with Crippen molar-refractivity contribution >= 4 is 0 Å². The highest BCUT2D eigenvalue weighted by Gasteiger charge is 2.05. The van der Waals surface area contributed by atoms with E-state index in [9.17, 15) is 4.39 Å². The molecule has 2 aromatic rings. The van der Waals surface area contributed by atoms with Gasteiger partial charge in [0.1, 0.15) is 11.6 Å². The van der Waals surface area contributed by atoms with Gasteiger partial charge in [-0.1, -0.05) is 18.2 Å². The molecule has 0 aliphatic carbocycles. The van der Waals surface area contributed by atoms with E-state index in [2.05, 4.69) is 5.32 Å². The summed E-state index contributed by atoms with van der Waals surface area (Å²) in [5.74, 6) is 0.674. The van der Waals surface area contributed by atoms with E-state index in [4.69, 9.17) is 4.74 Å². The predicted octanol–water partition coefficient (Wildman–Crippen LogP) is 3.61. The van der Waals surface area contributed by atoms with Gasteiger partial charge in [-0.25, -0.2) is 4.39 Å². The molecule has 0 spiro atoms. The number of halogens is 1. The van der Waals surface area contributed by atoms with Crippen LogP contribution in [0.5, 0.6) is 5.75 Å². The number of ether oxygens (including phenoxy) is 1. The van der Waals surface area contributed by atoms with Crippen molar-refractivity contribution in [3.05, 3.63) is 53.8 Å². The topological polar surface area (TPSA) is 21.3 Å². The van der Waals surface area contributed by atoms with Gasteiger partial charge in [0, 0.05) is 12.1 Å². The van der Waals surface area contributed by atoms with Crippen LogP contribution in [0.25, 0.3) is 11.1 Å². The second-order valence-electron chi connectivity index (χ2n) is 4.29. The first-order valence-corrected chi connectivity index (χ1v) is 6.41. The lowest BCUT2D eigenvalue weighted by Crippen LogP contribution is -2.07. The number of rotatable bonds is 5. The van der Waals surface area contributed by atoms with Gasteiger partial charge < -0.3 is 10.1 Å². The highest BCUT2D eigenvalue weighted by atomic mass is 19.1. The maximum atomic E-state index is 13.6. The lowest BCUT2D eigenvalue weighted by Gasteiger charge is -2.08. The molecule has 2 rings (SSSR count). The zero-order chi connectivity index (χ0) is 13.7. The molecular weight excluding hydrogens is 241 g/mol. The van der Waals surface area contributed by atoms with Crippen LogP contribution in [0, 0.1) is 5.82 Å². The van der Waals surface area contributed by atoms with Gasteiger partial charge in [0.25, 0.3) is 0 Å². The number of hydrogen-bond acceptors (Lipinski definition) is 2. The van der Waals surface area contributed by atoms with Gasteiger partial charge in [-0.05, 0) is 49.4 Å². The van der Waals surface area contributed by atoms with Crippen molar-refractivity contribution in [3.63, 3.8) is 0 Å². The first kappa shape index (κ1) is 13.6. The Morgan fingerprint density at radius 2 is 1.74 bits per heavy atom. The summed E-state index contributed by atoms with van der Waals surface area (Å²) in [6.07, 6.45) is 0. The minimum absolute atomic E-state index is 0.177. The summed E-state index contributed by atoms with van der Waals surface area (Å²) in [5.41, 5.74) is 2.74. The largest absolute Gasteiger partial charge is 0.494 e. The Balaban J connectivity index is 2.28. The van der Waals surface area contributed by atoms with E-state index in [1.54, 1.807) is 6.07 Å². The van der Waals surface area contributed by atoms with E-state index in [0.29, 0.717) is 18.7 Å². The molecule has 1 N–H and O–H groups in total. The first-order chi connectivity index (χ1) is 9.24. The van der Waals surface area contributed by atoms with Crippen LogP contribution in [0.1, 0.15) is 12.5 Å². The smallest absolute Gasteiger partial charge is 0.127 e. The molecule has 19 heavy (non-hydrogen) atoms. The van der Waals surface area contributed by atoms with Crippen LogP contribution in [-0.2, 0) is 6.54 Å². The average molecular weight is 259 g/mol. The quantitative estimate of drug-likeness (QED) is 0.885. The summed E-state index contributed by atoms with van der Waals surface area (Å²) >= 11 is 0. The number of benzene rings is 2. The van der Waals surface area contributed by atoms with E-state index in [1.807, 2.05) is 44.3 Å². The highest BCUT2D eigenvalue weighted by Crippen LogP contribution is 2.24. The Morgan fingerprint density at radius 3 is 2.37 bits per heavy atom. The Kier molecular flexibility index (Phi) is 4.53. The van der Waals surface area contributed by atoms with Crippen LogP contribution in [0.15, 0.2) is 42.5 Å². The van der Waals surface area contributed by atoms with Crippen LogP contribution in [0.3, 0.4) is 0 Å². The molecular formula is C16H18FNO. The second kappa shape index (κ2) is 6.34. The van der Waals surface area contributed by atoms with Crippen molar-refractivity contribution in [2.45, 2.75) is 13.5 Å². The maximum Gasteiger partial charge on any atom is 0.127 e. The van der Waals surface area contributed by atoms with Gasteiger partial charge >= 0.3 is 0 Å². The monoisotopic (exact) mass is 259 g/mol. The van der Waals surface area contributed by atoms with E-state index >= 15 is 0 Å². The molecule has 2 nitrogen and oxygen atoms in total. The summed E-state index contributed by atoms with van der Waals surface area (Å²) in [6, 6.07) is 13.0. The normalized spacial score (nSPS) is 10.5. The average Bonchev–Trinajstić information content (AvgIpc) is 2.43. The summed E-state index contributed by atoms with van der Waals surface area (Å²) in [4.78, 5) is 0. The van der Waals surface area contributed by atoms with Gasteiger partial charge in [-0.15, -0.1) is 0 Å². The van der Waals surface area contributed by atoms with E-state index in [-0.39, 0.29) is 5.82 Å². The molecule has 0 radical (unpaired) electrons. The molecule has 2 aromatic carbocycles. The fourth-order valence-electron chi connectivity index (χ4n) is 1.99. The van der Waals surface area contributed by atoms with Crippen molar-refractivity contribution in [2.75, 3.05) is 13.7 Å². The molecule has 0 aliphatic heterocycles. The van der Waals surface area contributed by atoms with Crippen molar-refractivity contribution in [1.82, 2.24) is 5.32 Å². The van der Waals surface area contributed by atoms with Crippen molar-refractivity contribution in [2.24, 2.45) is 0 Å². The van der Waals surface area contributed by atoms with Gasteiger partial charge in [0.15, 0.2) is 0 Å². The fraction of sp³-hybridized carbons (Fsp3) is 0.250. The fourth-order valence-corrected chi connectivity index (χ4v) is 1.99. The molecule has 0 saturated carbocycles. The molecule has 0 aliphatic rings. The molecule has 0 unspecified atom stereocenters. The van der Waals surface area contributed by atoms with Crippen LogP contribution >= 0.6 is 0 Å². The van der Waals surface area contributed by atoms with Crippen LogP contribution in [0.2, 0.25) is 0 Å². The molecule has 100 valence electrons. The minimum Gasteiger partial charge on any atom is -0.494 e. The van der Waals surface area contributed by atoms with Crippen molar-refractivity contribution in [3.8, 4) is 16.9 Å². The Bertz CT molecular complexity index is 537. The summed E-state index contributed by atoms with van der Waals surface area (Å²) in [6.45, 7) is 3.14.